The average Bonchev–Trinajstić information content (AvgIpc) is 2.74. The first-order chi connectivity index (χ1) is 13.8. The fourth-order valence-electron chi connectivity index (χ4n) is 2.96. The highest BCUT2D eigenvalue weighted by Gasteiger charge is 2.30. The molecular weight excluding hydrogens is 414 g/mol. The lowest BCUT2D eigenvalue weighted by Crippen LogP contribution is -2.50. The van der Waals surface area contributed by atoms with Crippen LogP contribution in [0.4, 0.5) is 5.69 Å². The van der Waals surface area contributed by atoms with Crippen molar-refractivity contribution >= 4 is 39.1 Å². The van der Waals surface area contributed by atoms with Crippen molar-refractivity contribution in [3.8, 4) is 0 Å². The van der Waals surface area contributed by atoms with E-state index in [4.69, 9.17) is 11.6 Å². The van der Waals surface area contributed by atoms with Crippen molar-refractivity contribution in [3.63, 3.8) is 0 Å². The highest BCUT2D eigenvalue weighted by Crippen LogP contribution is 2.21. The third kappa shape index (κ3) is 4.84. The zero-order chi connectivity index (χ0) is 21.0. The number of sulfonamides is 1. The number of anilines is 1. The standard InChI is InChI=1S/C20H20ClN3O4S/c1-2-19(25)22-17-7-3-15(4-8-17)20(26)23-11-13-24(14-12-23)29(27,28)18-9-5-16(21)6-10-18/h2-10H,1,11-14H2,(H,22,25). The van der Waals surface area contributed by atoms with Crippen LogP contribution >= 0.6 is 11.6 Å². The summed E-state index contributed by atoms with van der Waals surface area (Å²) >= 11 is 5.82. The number of rotatable bonds is 5. The number of carbonyl (C=O) groups is 2. The van der Waals surface area contributed by atoms with Gasteiger partial charge in [-0.25, -0.2) is 8.42 Å². The molecule has 1 N–H and O–H groups in total. The normalized spacial score (nSPS) is 15.0. The lowest BCUT2D eigenvalue weighted by atomic mass is 10.1. The summed E-state index contributed by atoms with van der Waals surface area (Å²) in [5.74, 6) is -0.516. The van der Waals surface area contributed by atoms with Crippen LogP contribution in [0, 0.1) is 0 Å². The minimum atomic E-state index is -3.62. The summed E-state index contributed by atoms with van der Waals surface area (Å²) < 4.78 is 26.8. The van der Waals surface area contributed by atoms with Crippen LogP contribution in [0.3, 0.4) is 0 Å². The summed E-state index contributed by atoms with van der Waals surface area (Å²) in [6.45, 7) is 4.39. The van der Waals surface area contributed by atoms with Gasteiger partial charge in [0.25, 0.3) is 5.91 Å². The summed E-state index contributed by atoms with van der Waals surface area (Å²) in [6, 6.07) is 12.5. The van der Waals surface area contributed by atoms with Crippen molar-refractivity contribution in [3.05, 3.63) is 71.8 Å². The van der Waals surface area contributed by atoms with E-state index in [1.807, 2.05) is 0 Å². The Morgan fingerprint density at radius 2 is 1.55 bits per heavy atom. The van der Waals surface area contributed by atoms with Gasteiger partial charge >= 0.3 is 0 Å². The molecule has 2 aromatic carbocycles. The Hall–Kier alpha value is -2.68. The Labute approximate surface area is 174 Å². The molecule has 0 saturated carbocycles. The fraction of sp³-hybridized carbons (Fsp3) is 0.200. The summed E-state index contributed by atoms with van der Waals surface area (Å²) in [7, 11) is -3.62. The topological polar surface area (TPSA) is 86.8 Å². The molecular formula is C20H20ClN3O4S. The van der Waals surface area contributed by atoms with Gasteiger partial charge in [-0.2, -0.15) is 4.31 Å². The van der Waals surface area contributed by atoms with E-state index in [0.29, 0.717) is 29.4 Å². The van der Waals surface area contributed by atoms with Crippen LogP contribution in [0.5, 0.6) is 0 Å². The first-order valence-corrected chi connectivity index (χ1v) is 10.7. The van der Waals surface area contributed by atoms with E-state index in [9.17, 15) is 18.0 Å². The third-order valence-electron chi connectivity index (χ3n) is 4.56. The molecule has 0 atom stereocenters. The summed E-state index contributed by atoms with van der Waals surface area (Å²) in [5, 5.41) is 3.08. The number of hydrogen-bond acceptors (Lipinski definition) is 4. The molecule has 3 rings (SSSR count). The van der Waals surface area contributed by atoms with E-state index < -0.39 is 10.0 Å². The largest absolute Gasteiger partial charge is 0.336 e. The molecule has 7 nitrogen and oxygen atoms in total. The predicted molar refractivity (Wildman–Crippen MR) is 111 cm³/mol. The van der Waals surface area contributed by atoms with Crippen LogP contribution in [0.1, 0.15) is 10.4 Å². The van der Waals surface area contributed by atoms with Crippen molar-refractivity contribution in [2.75, 3.05) is 31.5 Å². The molecule has 29 heavy (non-hydrogen) atoms. The predicted octanol–water partition coefficient (Wildman–Crippen LogP) is 2.61. The van der Waals surface area contributed by atoms with E-state index in [2.05, 4.69) is 11.9 Å². The minimum Gasteiger partial charge on any atom is -0.336 e. The first kappa shape index (κ1) is 21.0. The Bertz CT molecular complexity index is 1010. The molecule has 1 saturated heterocycles. The Morgan fingerprint density at radius 3 is 2.10 bits per heavy atom. The molecule has 9 heteroatoms. The molecule has 1 aliphatic heterocycles. The number of amides is 2. The molecule has 1 fully saturated rings. The van der Waals surface area contributed by atoms with Crippen molar-refractivity contribution in [2.45, 2.75) is 4.90 Å². The van der Waals surface area contributed by atoms with E-state index in [0.717, 1.165) is 6.08 Å². The molecule has 1 aliphatic rings. The highest BCUT2D eigenvalue weighted by atomic mass is 35.5. The SMILES string of the molecule is C=CC(=O)Nc1ccc(C(=O)N2CCN(S(=O)(=O)c3ccc(Cl)cc3)CC2)cc1. The molecule has 0 bridgehead atoms. The summed E-state index contributed by atoms with van der Waals surface area (Å²) in [6.07, 6.45) is 1.16. The van der Waals surface area contributed by atoms with Crippen molar-refractivity contribution in [2.24, 2.45) is 0 Å². The zero-order valence-electron chi connectivity index (χ0n) is 15.5. The van der Waals surface area contributed by atoms with Gasteiger partial charge in [0.05, 0.1) is 4.90 Å². The van der Waals surface area contributed by atoms with Crippen molar-refractivity contribution < 1.29 is 18.0 Å². The number of piperazine rings is 1. The van der Waals surface area contributed by atoms with Gasteiger partial charge in [-0.3, -0.25) is 9.59 Å². The molecule has 0 unspecified atom stereocenters. The second-order valence-electron chi connectivity index (χ2n) is 6.42. The number of carbonyl (C=O) groups excluding carboxylic acids is 2. The maximum Gasteiger partial charge on any atom is 0.253 e. The van der Waals surface area contributed by atoms with Crippen molar-refractivity contribution in [1.29, 1.82) is 0 Å². The first-order valence-electron chi connectivity index (χ1n) is 8.90. The van der Waals surface area contributed by atoms with Gasteiger partial charge in [0.15, 0.2) is 0 Å². The molecule has 0 radical (unpaired) electrons. The summed E-state index contributed by atoms with van der Waals surface area (Å²) in [5.41, 5.74) is 1.03. The van der Waals surface area contributed by atoms with E-state index >= 15 is 0 Å². The number of nitrogens with zero attached hydrogens (tertiary/aromatic N) is 2. The van der Waals surface area contributed by atoms with E-state index in [1.165, 1.54) is 28.6 Å². The second-order valence-corrected chi connectivity index (χ2v) is 8.80. The monoisotopic (exact) mass is 433 g/mol. The van der Waals surface area contributed by atoms with Gasteiger partial charge in [0, 0.05) is 42.5 Å². The molecule has 1 heterocycles. The van der Waals surface area contributed by atoms with Gasteiger partial charge < -0.3 is 10.2 Å². The van der Waals surface area contributed by atoms with Crippen LogP contribution in [-0.2, 0) is 14.8 Å². The third-order valence-corrected chi connectivity index (χ3v) is 6.73. The van der Waals surface area contributed by atoms with Crippen LogP contribution in [-0.4, -0.2) is 55.6 Å². The lowest BCUT2D eigenvalue weighted by Gasteiger charge is -2.34. The summed E-state index contributed by atoms with van der Waals surface area (Å²) in [4.78, 5) is 25.8. The molecule has 152 valence electrons. The molecule has 0 spiro atoms. The van der Waals surface area contributed by atoms with Crippen LogP contribution in [0.25, 0.3) is 0 Å². The molecule has 0 aliphatic carbocycles. The van der Waals surface area contributed by atoms with Crippen LogP contribution in [0.15, 0.2) is 66.1 Å². The van der Waals surface area contributed by atoms with Gasteiger partial charge in [-0.1, -0.05) is 18.2 Å². The minimum absolute atomic E-state index is 0.179. The van der Waals surface area contributed by atoms with Crippen LogP contribution < -0.4 is 5.32 Å². The van der Waals surface area contributed by atoms with Gasteiger partial charge in [0.1, 0.15) is 0 Å². The zero-order valence-corrected chi connectivity index (χ0v) is 17.1. The van der Waals surface area contributed by atoms with Crippen molar-refractivity contribution in [1.82, 2.24) is 9.21 Å². The van der Waals surface area contributed by atoms with Gasteiger partial charge in [-0.15, -0.1) is 0 Å². The molecule has 2 amide bonds. The smallest absolute Gasteiger partial charge is 0.253 e. The quantitative estimate of drug-likeness (QED) is 0.734. The van der Waals surface area contributed by atoms with Gasteiger partial charge in [-0.05, 0) is 54.6 Å². The number of halogens is 1. The molecule has 0 aromatic heterocycles. The Kier molecular flexibility index (Phi) is 6.36. The Morgan fingerprint density at radius 1 is 0.966 bits per heavy atom. The van der Waals surface area contributed by atoms with Gasteiger partial charge in [0.2, 0.25) is 15.9 Å². The van der Waals surface area contributed by atoms with E-state index in [1.54, 1.807) is 29.2 Å². The van der Waals surface area contributed by atoms with E-state index in [-0.39, 0.29) is 29.8 Å². The average molecular weight is 434 g/mol. The molecule has 2 aromatic rings. The maximum absolute atomic E-state index is 12.7. The lowest BCUT2D eigenvalue weighted by molar-refractivity contribution is -0.111. The number of benzene rings is 2. The maximum atomic E-state index is 12.7. The van der Waals surface area contributed by atoms with Crippen LogP contribution in [0.2, 0.25) is 5.02 Å². The number of hydrogen-bond donors (Lipinski definition) is 1. The highest BCUT2D eigenvalue weighted by molar-refractivity contribution is 7.89. The Balaban J connectivity index is 1.62. The fourth-order valence-corrected chi connectivity index (χ4v) is 4.51. The second kappa shape index (κ2) is 8.77. The number of nitrogens with one attached hydrogen (secondary N) is 1.